The molecule has 0 saturated carbocycles. The summed E-state index contributed by atoms with van der Waals surface area (Å²) in [6.07, 6.45) is 0.604. The van der Waals surface area contributed by atoms with Gasteiger partial charge < -0.3 is 9.87 Å². The Morgan fingerprint density at radius 3 is 1.64 bits per heavy atom. The monoisotopic (exact) mass is 366 g/mol. The Morgan fingerprint density at radius 1 is 0.840 bits per heavy atom. The topological polar surface area (TPSA) is 94.0 Å². The second kappa shape index (κ2) is 15.3. The highest BCUT2D eigenvalue weighted by molar-refractivity contribution is 7.84. The van der Waals surface area contributed by atoms with Gasteiger partial charge in [0.1, 0.15) is 0 Å². The van der Waals surface area contributed by atoms with Crippen LogP contribution in [0.25, 0.3) is 0 Å². The van der Waals surface area contributed by atoms with Crippen LogP contribution in [0.5, 0.6) is 0 Å². The van der Waals surface area contributed by atoms with Crippen LogP contribution in [0.1, 0.15) is 27.7 Å². The summed E-state index contributed by atoms with van der Waals surface area (Å²) in [7, 11) is -2.25. The molecule has 140 valence electrons. The Kier molecular flexibility index (Phi) is 15.3. The summed E-state index contributed by atoms with van der Waals surface area (Å²) in [5.74, 6) is 0. The van der Waals surface area contributed by atoms with Gasteiger partial charge in [0.2, 0.25) is 0 Å². The summed E-state index contributed by atoms with van der Waals surface area (Å²) in [4.78, 5) is 0. The van der Waals surface area contributed by atoms with Gasteiger partial charge in [-0.1, -0.05) is 45.9 Å². The van der Waals surface area contributed by atoms with Crippen molar-refractivity contribution in [1.29, 1.82) is 0 Å². The molecule has 25 heavy (non-hydrogen) atoms. The van der Waals surface area contributed by atoms with E-state index in [1.54, 1.807) is 7.05 Å². The molecule has 0 unspecified atom stereocenters. The van der Waals surface area contributed by atoms with Gasteiger partial charge in [0, 0.05) is 24.7 Å². The average Bonchev–Trinajstić information content (AvgIpc) is 2.60. The van der Waals surface area contributed by atoms with Crippen LogP contribution in [-0.2, 0) is 10.1 Å². The van der Waals surface area contributed by atoms with Crippen LogP contribution in [-0.4, -0.2) is 26.3 Å². The molecule has 0 aliphatic rings. The van der Waals surface area contributed by atoms with Crippen molar-refractivity contribution in [2.24, 2.45) is 10.2 Å². The number of benzene rings is 2. The Morgan fingerprint density at radius 2 is 1.24 bits per heavy atom. The van der Waals surface area contributed by atoms with Crippen molar-refractivity contribution >= 4 is 27.2 Å². The first-order chi connectivity index (χ1) is 11.9. The third-order valence-electron chi connectivity index (χ3n) is 2.15. The van der Waals surface area contributed by atoms with Crippen molar-refractivity contribution in [3.8, 4) is 0 Å². The van der Waals surface area contributed by atoms with Gasteiger partial charge in [-0.3, -0.25) is 0 Å². The smallest absolute Gasteiger partial charge is 0.0916 e. The van der Waals surface area contributed by atoms with Crippen molar-refractivity contribution in [2.45, 2.75) is 27.7 Å². The molecule has 0 radical (unpaired) electrons. The minimum absolute atomic E-state index is 0.604. The summed E-state index contributed by atoms with van der Waals surface area (Å²) in [6, 6.07) is 17.9. The quantitative estimate of drug-likeness (QED) is 0.584. The molecule has 2 aromatic rings. The number of nitrogens with one attached hydrogen (secondary N) is 1. The molecule has 0 fully saturated rings. The second-order valence-corrected chi connectivity index (χ2v) is 5.45. The molecule has 7 heteroatoms. The van der Waals surface area contributed by atoms with Crippen LogP contribution in [0.3, 0.4) is 0 Å². The number of nitrogens with zero attached hydrogens (tertiary/aromatic N) is 2. The van der Waals surface area contributed by atoms with E-state index in [1.807, 2.05) is 82.3 Å². The molecular weight excluding hydrogens is 338 g/mol. The number of hydrogen-bond donors (Lipinski definition) is 1. The SMILES string of the molecule is CC.CC.CN=Nc1ccc(Nc2ccccc2)cc1.CS(=O)(=O)[O-]. The highest BCUT2D eigenvalue weighted by Gasteiger charge is 1.93. The van der Waals surface area contributed by atoms with Gasteiger partial charge >= 0.3 is 0 Å². The lowest BCUT2D eigenvalue weighted by Gasteiger charge is -2.05. The third-order valence-corrected chi connectivity index (χ3v) is 2.15. The first kappa shape index (κ1) is 25.0. The minimum Gasteiger partial charge on any atom is -0.748 e. The van der Waals surface area contributed by atoms with Crippen LogP contribution >= 0.6 is 0 Å². The number of azo groups is 1. The van der Waals surface area contributed by atoms with Gasteiger partial charge in [-0.25, -0.2) is 8.42 Å². The number of anilines is 2. The van der Waals surface area contributed by atoms with E-state index in [-0.39, 0.29) is 0 Å². The summed E-state index contributed by atoms with van der Waals surface area (Å²) in [5, 5.41) is 11.0. The van der Waals surface area contributed by atoms with Crippen LogP contribution < -0.4 is 5.32 Å². The van der Waals surface area contributed by atoms with Crippen LogP contribution in [0.2, 0.25) is 0 Å². The Labute approximate surface area is 151 Å². The predicted molar refractivity (Wildman–Crippen MR) is 105 cm³/mol. The largest absolute Gasteiger partial charge is 0.748 e. The highest BCUT2D eigenvalue weighted by atomic mass is 32.2. The van der Waals surface area contributed by atoms with Crippen molar-refractivity contribution in [3.05, 3.63) is 54.6 Å². The molecule has 0 heterocycles. The van der Waals surface area contributed by atoms with E-state index in [1.165, 1.54) is 0 Å². The maximum absolute atomic E-state index is 9.08. The zero-order valence-electron chi connectivity index (χ0n) is 15.7. The second-order valence-electron chi connectivity index (χ2n) is 4.04. The van der Waals surface area contributed by atoms with E-state index in [2.05, 4.69) is 15.5 Å². The first-order valence-electron chi connectivity index (χ1n) is 8.01. The van der Waals surface area contributed by atoms with E-state index in [0.717, 1.165) is 17.1 Å². The third kappa shape index (κ3) is 16.4. The van der Waals surface area contributed by atoms with Gasteiger partial charge in [-0.15, -0.1) is 0 Å². The van der Waals surface area contributed by atoms with Crippen molar-refractivity contribution < 1.29 is 13.0 Å². The number of hydrogen-bond acceptors (Lipinski definition) is 6. The molecule has 0 aromatic heterocycles. The lowest BCUT2D eigenvalue weighted by molar-refractivity contribution is 0.470. The predicted octanol–water partition coefficient (Wildman–Crippen LogP) is 5.36. The molecule has 0 bridgehead atoms. The molecule has 2 aromatic carbocycles. The molecule has 0 amide bonds. The molecule has 1 N–H and O–H groups in total. The van der Waals surface area contributed by atoms with Crippen LogP contribution in [0.15, 0.2) is 64.8 Å². The van der Waals surface area contributed by atoms with E-state index in [9.17, 15) is 0 Å². The standard InChI is InChI=1S/C13H13N3.2C2H6.CH4O3S/c1-14-16-13-9-7-12(8-10-13)15-11-5-3-2-4-6-11;2*1-2;1-5(2,3)4/h2-10,15H,1H3;2*1-2H3;1H3,(H,2,3,4)/p-1. The van der Waals surface area contributed by atoms with Crippen molar-refractivity contribution in [1.82, 2.24) is 0 Å². The maximum Gasteiger partial charge on any atom is 0.0916 e. The fourth-order valence-corrected chi connectivity index (χ4v) is 1.42. The van der Waals surface area contributed by atoms with Gasteiger partial charge in [-0.2, -0.15) is 10.2 Å². The summed E-state index contributed by atoms with van der Waals surface area (Å²) in [5.41, 5.74) is 2.98. The summed E-state index contributed by atoms with van der Waals surface area (Å²) >= 11 is 0. The normalized spacial score (nSPS) is 9.56. The fraction of sp³-hybridized carbons (Fsp3) is 0.333. The molecule has 6 nitrogen and oxygen atoms in total. The molecule has 0 spiro atoms. The molecule has 0 saturated heterocycles. The fourth-order valence-electron chi connectivity index (χ4n) is 1.42. The molecule has 0 aliphatic heterocycles. The highest BCUT2D eigenvalue weighted by Crippen LogP contribution is 2.20. The van der Waals surface area contributed by atoms with E-state index < -0.39 is 10.1 Å². The first-order valence-corrected chi connectivity index (χ1v) is 9.83. The Bertz CT molecular complexity index is 662. The zero-order chi connectivity index (χ0) is 19.7. The Balaban J connectivity index is 0. The molecular formula is C18H28N3O3S-. The van der Waals surface area contributed by atoms with E-state index in [4.69, 9.17) is 13.0 Å². The lowest BCUT2D eigenvalue weighted by Crippen LogP contribution is -1.88. The van der Waals surface area contributed by atoms with Crippen LogP contribution in [0, 0.1) is 0 Å². The van der Waals surface area contributed by atoms with Crippen LogP contribution in [0.4, 0.5) is 17.1 Å². The number of para-hydroxylation sites is 1. The van der Waals surface area contributed by atoms with Gasteiger partial charge in [0.15, 0.2) is 0 Å². The maximum atomic E-state index is 9.08. The van der Waals surface area contributed by atoms with Crippen molar-refractivity contribution in [2.75, 3.05) is 18.6 Å². The van der Waals surface area contributed by atoms with Gasteiger partial charge in [0.25, 0.3) is 0 Å². The van der Waals surface area contributed by atoms with Gasteiger partial charge in [-0.05, 0) is 36.4 Å². The minimum atomic E-state index is -3.92. The molecule has 2 rings (SSSR count). The average molecular weight is 367 g/mol. The lowest BCUT2D eigenvalue weighted by atomic mass is 10.2. The van der Waals surface area contributed by atoms with Crippen molar-refractivity contribution in [3.63, 3.8) is 0 Å². The number of rotatable bonds is 3. The summed E-state index contributed by atoms with van der Waals surface area (Å²) < 4.78 is 27.2. The molecule has 0 aliphatic carbocycles. The van der Waals surface area contributed by atoms with E-state index >= 15 is 0 Å². The Hall–Kier alpha value is -2.25. The summed E-state index contributed by atoms with van der Waals surface area (Å²) in [6.45, 7) is 8.00. The van der Waals surface area contributed by atoms with Gasteiger partial charge in [0.05, 0.1) is 15.8 Å². The zero-order valence-corrected chi connectivity index (χ0v) is 16.5. The van der Waals surface area contributed by atoms with E-state index in [0.29, 0.717) is 6.26 Å². The molecule has 0 atom stereocenters.